The molecule has 0 spiro atoms. The Morgan fingerprint density at radius 2 is 1.71 bits per heavy atom. The van der Waals surface area contributed by atoms with Crippen LogP contribution in [0.1, 0.15) is 37.0 Å². The lowest BCUT2D eigenvalue weighted by Gasteiger charge is -2.31. The van der Waals surface area contributed by atoms with Gasteiger partial charge in [-0.15, -0.1) is 11.6 Å². The van der Waals surface area contributed by atoms with Crippen LogP contribution in [0.4, 0.5) is 0 Å². The van der Waals surface area contributed by atoms with E-state index >= 15 is 0 Å². The number of alkyl halides is 1. The Bertz CT molecular complexity index is 439. The van der Waals surface area contributed by atoms with Crippen LogP contribution < -0.4 is 9.47 Å². The molecule has 1 aromatic carbocycles. The van der Waals surface area contributed by atoms with Gasteiger partial charge in [0.2, 0.25) is 0 Å². The average molecular weight is 314 g/mol. The number of amides is 1. The van der Waals surface area contributed by atoms with E-state index in [0.29, 0.717) is 29.5 Å². The van der Waals surface area contributed by atoms with E-state index in [1.54, 1.807) is 32.4 Å². The summed E-state index contributed by atoms with van der Waals surface area (Å²) in [6, 6.07) is 5.49. The van der Waals surface area contributed by atoms with E-state index in [2.05, 4.69) is 13.8 Å². The predicted octanol–water partition coefficient (Wildman–Crippen LogP) is 3.57. The Kier molecular flexibility index (Phi) is 7.37. The van der Waals surface area contributed by atoms with Crippen molar-refractivity contribution in [2.24, 2.45) is 0 Å². The maximum atomic E-state index is 13.0. The van der Waals surface area contributed by atoms with Crippen molar-refractivity contribution >= 4 is 17.5 Å². The lowest BCUT2D eigenvalue weighted by molar-refractivity contribution is 0.0674. The van der Waals surface area contributed by atoms with E-state index in [0.717, 1.165) is 12.8 Å². The van der Waals surface area contributed by atoms with Gasteiger partial charge in [-0.05, 0) is 25.0 Å². The van der Waals surface area contributed by atoms with Crippen molar-refractivity contribution < 1.29 is 14.3 Å². The van der Waals surface area contributed by atoms with Gasteiger partial charge >= 0.3 is 0 Å². The lowest BCUT2D eigenvalue weighted by atomic mass is 10.1. The van der Waals surface area contributed by atoms with Crippen molar-refractivity contribution in [3.05, 3.63) is 23.8 Å². The Balaban J connectivity index is 3.25. The summed E-state index contributed by atoms with van der Waals surface area (Å²) in [5.74, 6) is 1.34. The van der Waals surface area contributed by atoms with Crippen molar-refractivity contribution in [1.82, 2.24) is 4.90 Å². The molecule has 0 fully saturated rings. The van der Waals surface area contributed by atoms with Crippen LogP contribution in [0.15, 0.2) is 18.2 Å². The number of carbonyl (C=O) groups excluding carboxylic acids is 1. The fourth-order valence-corrected chi connectivity index (χ4v) is 2.66. The predicted molar refractivity (Wildman–Crippen MR) is 85.7 cm³/mol. The van der Waals surface area contributed by atoms with Crippen LogP contribution in [-0.4, -0.2) is 43.5 Å². The summed E-state index contributed by atoms with van der Waals surface area (Å²) in [5.41, 5.74) is 0.458. The van der Waals surface area contributed by atoms with E-state index in [1.165, 1.54) is 0 Å². The maximum absolute atomic E-state index is 13.0. The molecule has 0 unspecified atom stereocenters. The highest BCUT2D eigenvalue weighted by atomic mass is 35.5. The van der Waals surface area contributed by atoms with Crippen LogP contribution in [0.5, 0.6) is 11.5 Å². The quantitative estimate of drug-likeness (QED) is 0.689. The number of hydrogen-bond donors (Lipinski definition) is 0. The molecule has 0 atom stereocenters. The number of methoxy groups -OCH3 is 2. The Morgan fingerprint density at radius 1 is 1.19 bits per heavy atom. The van der Waals surface area contributed by atoms with Gasteiger partial charge < -0.3 is 14.4 Å². The van der Waals surface area contributed by atoms with Gasteiger partial charge in [-0.2, -0.15) is 0 Å². The first-order valence-electron chi connectivity index (χ1n) is 7.22. The van der Waals surface area contributed by atoms with E-state index < -0.39 is 0 Å². The molecule has 4 nitrogen and oxygen atoms in total. The van der Waals surface area contributed by atoms with Gasteiger partial charge in [-0.3, -0.25) is 4.79 Å². The standard InChI is InChI=1S/C16H24ClNO3/c1-5-12(6-2)18(11-10-17)16(19)15-13(20-3)8-7-9-14(15)21-4/h7-9,12H,5-6,10-11H2,1-4H3. The summed E-state index contributed by atoms with van der Waals surface area (Å²) in [6.07, 6.45) is 1.77. The van der Waals surface area contributed by atoms with Crippen LogP contribution in [0.3, 0.4) is 0 Å². The lowest BCUT2D eigenvalue weighted by Crippen LogP contribution is -2.41. The fraction of sp³-hybridized carbons (Fsp3) is 0.562. The number of halogens is 1. The van der Waals surface area contributed by atoms with E-state index in [-0.39, 0.29) is 11.9 Å². The number of carbonyl (C=O) groups is 1. The molecule has 21 heavy (non-hydrogen) atoms. The summed E-state index contributed by atoms with van der Waals surface area (Å²) in [7, 11) is 3.10. The van der Waals surface area contributed by atoms with E-state index in [1.807, 2.05) is 4.90 Å². The first kappa shape index (κ1) is 17.6. The normalized spacial score (nSPS) is 10.6. The molecular weight excluding hydrogens is 290 g/mol. The number of nitrogens with zero attached hydrogens (tertiary/aromatic N) is 1. The summed E-state index contributed by atoms with van der Waals surface area (Å²) in [4.78, 5) is 14.8. The topological polar surface area (TPSA) is 38.8 Å². The molecule has 1 amide bonds. The van der Waals surface area contributed by atoms with E-state index in [4.69, 9.17) is 21.1 Å². The minimum Gasteiger partial charge on any atom is -0.496 e. The molecule has 118 valence electrons. The van der Waals surface area contributed by atoms with Gasteiger partial charge in [-0.1, -0.05) is 19.9 Å². The Labute approximate surface area is 132 Å². The van der Waals surface area contributed by atoms with Crippen LogP contribution in [0.25, 0.3) is 0 Å². The molecule has 0 aliphatic heterocycles. The summed E-state index contributed by atoms with van der Waals surface area (Å²) >= 11 is 5.88. The first-order valence-corrected chi connectivity index (χ1v) is 7.75. The first-order chi connectivity index (χ1) is 10.1. The second-order valence-electron chi connectivity index (χ2n) is 4.70. The van der Waals surface area contributed by atoms with Gasteiger partial charge in [0.05, 0.1) is 14.2 Å². The average Bonchev–Trinajstić information content (AvgIpc) is 2.53. The molecule has 0 saturated heterocycles. The highest BCUT2D eigenvalue weighted by molar-refractivity contribution is 6.18. The fourth-order valence-electron chi connectivity index (χ4n) is 2.48. The molecule has 0 bridgehead atoms. The van der Waals surface area contributed by atoms with Crippen molar-refractivity contribution in [3.8, 4) is 11.5 Å². The SMILES string of the molecule is CCC(CC)N(CCCl)C(=O)c1c(OC)cccc1OC. The van der Waals surface area contributed by atoms with Crippen molar-refractivity contribution in [2.45, 2.75) is 32.7 Å². The number of hydrogen-bond acceptors (Lipinski definition) is 3. The molecule has 0 aromatic heterocycles. The minimum atomic E-state index is -0.0985. The molecule has 0 radical (unpaired) electrons. The summed E-state index contributed by atoms with van der Waals surface area (Å²) in [5, 5.41) is 0. The van der Waals surface area contributed by atoms with Crippen LogP contribution >= 0.6 is 11.6 Å². The zero-order chi connectivity index (χ0) is 15.8. The number of ether oxygens (including phenoxy) is 2. The smallest absolute Gasteiger partial charge is 0.261 e. The molecular formula is C16H24ClNO3. The number of benzene rings is 1. The van der Waals surface area contributed by atoms with Gasteiger partial charge in [0.15, 0.2) is 0 Å². The zero-order valence-corrected chi connectivity index (χ0v) is 13.9. The van der Waals surface area contributed by atoms with Crippen LogP contribution in [-0.2, 0) is 0 Å². The Morgan fingerprint density at radius 3 is 2.10 bits per heavy atom. The molecule has 0 aliphatic rings. The molecule has 5 heteroatoms. The van der Waals surface area contributed by atoms with Gasteiger partial charge in [0.25, 0.3) is 5.91 Å². The van der Waals surface area contributed by atoms with Crippen LogP contribution in [0, 0.1) is 0 Å². The molecule has 0 heterocycles. The van der Waals surface area contributed by atoms with Gasteiger partial charge in [0, 0.05) is 18.5 Å². The monoisotopic (exact) mass is 313 g/mol. The van der Waals surface area contributed by atoms with Gasteiger partial charge in [0.1, 0.15) is 17.1 Å². The number of rotatable bonds is 8. The summed E-state index contributed by atoms with van der Waals surface area (Å²) in [6.45, 7) is 4.65. The second-order valence-corrected chi connectivity index (χ2v) is 5.07. The summed E-state index contributed by atoms with van der Waals surface area (Å²) < 4.78 is 10.6. The third-order valence-electron chi connectivity index (χ3n) is 3.61. The highest BCUT2D eigenvalue weighted by Gasteiger charge is 2.27. The highest BCUT2D eigenvalue weighted by Crippen LogP contribution is 2.30. The zero-order valence-electron chi connectivity index (χ0n) is 13.2. The second kappa shape index (κ2) is 8.78. The van der Waals surface area contributed by atoms with Crippen LogP contribution in [0.2, 0.25) is 0 Å². The van der Waals surface area contributed by atoms with Crippen molar-refractivity contribution in [1.29, 1.82) is 0 Å². The maximum Gasteiger partial charge on any atom is 0.261 e. The molecule has 1 aromatic rings. The van der Waals surface area contributed by atoms with Gasteiger partial charge in [-0.25, -0.2) is 0 Å². The molecule has 1 rings (SSSR count). The Hall–Kier alpha value is -1.42. The molecule has 0 saturated carbocycles. The van der Waals surface area contributed by atoms with Crippen molar-refractivity contribution in [2.75, 3.05) is 26.6 Å². The molecule has 0 aliphatic carbocycles. The van der Waals surface area contributed by atoms with Crippen molar-refractivity contribution in [3.63, 3.8) is 0 Å². The minimum absolute atomic E-state index is 0.0985. The largest absolute Gasteiger partial charge is 0.496 e. The van der Waals surface area contributed by atoms with E-state index in [9.17, 15) is 4.79 Å². The molecule has 0 N–H and O–H groups in total. The third-order valence-corrected chi connectivity index (χ3v) is 3.78. The third kappa shape index (κ3) is 4.03.